The Labute approximate surface area is 277 Å². The van der Waals surface area contributed by atoms with Crippen molar-refractivity contribution in [2.45, 2.75) is 38.4 Å². The number of carbonyl (C=O) groups is 2. The molecular weight excluding hydrogens is 625 g/mol. The smallest absolute Gasteiger partial charge is 0.267 e. The molecule has 1 fully saturated rings. The number of piperidine rings is 1. The first-order chi connectivity index (χ1) is 22.1. The maximum atomic E-state index is 12.7. The molecule has 0 radical (unpaired) electrons. The molecule has 4 aromatic rings. The summed E-state index contributed by atoms with van der Waals surface area (Å²) in [5, 5.41) is 16.0. The van der Waals surface area contributed by atoms with Crippen molar-refractivity contribution in [2.75, 3.05) is 23.7 Å². The first-order valence-corrected chi connectivity index (χ1v) is 15.5. The summed E-state index contributed by atoms with van der Waals surface area (Å²) < 4.78 is 0. The Balaban J connectivity index is 1.09. The van der Waals surface area contributed by atoms with Crippen LogP contribution in [0.5, 0.6) is 0 Å². The molecule has 1 saturated heterocycles. The fourth-order valence-corrected chi connectivity index (χ4v) is 5.57. The highest BCUT2D eigenvalue weighted by Gasteiger charge is 2.30. The van der Waals surface area contributed by atoms with Gasteiger partial charge in [0.1, 0.15) is 11.5 Å². The van der Waals surface area contributed by atoms with Gasteiger partial charge in [-0.05, 0) is 60.7 Å². The molecule has 2 heterocycles. The largest absolute Gasteiger partial charge is 0.382 e. The molecule has 10 nitrogen and oxygen atoms in total. The summed E-state index contributed by atoms with van der Waals surface area (Å²) in [5.41, 5.74) is 12.3. The van der Waals surface area contributed by atoms with Crippen molar-refractivity contribution in [1.82, 2.24) is 26.1 Å². The van der Waals surface area contributed by atoms with Crippen LogP contribution in [0.25, 0.3) is 17.3 Å². The number of aromatic nitrogens is 2. The molecule has 0 bridgehead atoms. The van der Waals surface area contributed by atoms with E-state index in [0.29, 0.717) is 45.8 Å². The number of anilines is 2. The second kappa shape index (κ2) is 14.7. The van der Waals surface area contributed by atoms with Crippen molar-refractivity contribution in [1.29, 1.82) is 0 Å². The molecule has 46 heavy (non-hydrogen) atoms. The standard InChI is InChI=1S/C34H35Cl2N7O3/c1-34(15-17-43(18-16-34)28-21-38-31(32(37)41-28)26-3-2-4-27(35)30(26)36)40-20-24-9-12-25(13-10-24)33(45)39-19-23-7-5-22(6-8-23)11-14-29(44)42-46/h2-14,21,40,46H,15-20H2,1H3,(H2,37,41)(H,39,45)(H,42,44)/b14-11+. The molecule has 5 rings (SSSR count). The maximum absolute atomic E-state index is 12.7. The first kappa shape index (κ1) is 32.9. The van der Waals surface area contributed by atoms with E-state index < -0.39 is 5.91 Å². The molecule has 238 valence electrons. The zero-order valence-corrected chi connectivity index (χ0v) is 26.8. The third-order valence-corrected chi connectivity index (χ3v) is 8.91. The van der Waals surface area contributed by atoms with Gasteiger partial charge in [-0.2, -0.15) is 0 Å². The van der Waals surface area contributed by atoms with E-state index in [2.05, 4.69) is 32.4 Å². The van der Waals surface area contributed by atoms with Crippen LogP contribution < -0.4 is 26.7 Å². The van der Waals surface area contributed by atoms with Crippen molar-refractivity contribution >= 4 is 52.7 Å². The number of hydrogen-bond acceptors (Lipinski definition) is 8. The summed E-state index contributed by atoms with van der Waals surface area (Å²) in [6.45, 7) is 4.88. The summed E-state index contributed by atoms with van der Waals surface area (Å²) in [4.78, 5) is 35.2. The monoisotopic (exact) mass is 659 g/mol. The van der Waals surface area contributed by atoms with Gasteiger partial charge in [0.2, 0.25) is 0 Å². The number of hydrogen-bond donors (Lipinski definition) is 5. The molecule has 0 spiro atoms. The maximum Gasteiger partial charge on any atom is 0.267 e. The molecular formula is C34H35Cl2N7O3. The Morgan fingerprint density at radius 3 is 2.35 bits per heavy atom. The van der Waals surface area contributed by atoms with E-state index in [1.807, 2.05) is 54.6 Å². The quantitative estimate of drug-likeness (QED) is 0.0837. The number of amides is 2. The van der Waals surface area contributed by atoms with Crippen molar-refractivity contribution in [2.24, 2.45) is 0 Å². The van der Waals surface area contributed by atoms with E-state index in [9.17, 15) is 9.59 Å². The van der Waals surface area contributed by atoms with Crippen molar-refractivity contribution in [3.63, 3.8) is 0 Å². The number of nitrogens with two attached hydrogens (primary N) is 1. The van der Waals surface area contributed by atoms with E-state index in [1.165, 1.54) is 6.08 Å². The van der Waals surface area contributed by atoms with Gasteiger partial charge in [0, 0.05) is 48.9 Å². The van der Waals surface area contributed by atoms with E-state index in [0.717, 1.165) is 48.4 Å². The fraction of sp³-hybridized carbons (Fsp3) is 0.235. The van der Waals surface area contributed by atoms with Crippen LogP contribution in [0.1, 0.15) is 46.8 Å². The normalized spacial score (nSPS) is 14.3. The van der Waals surface area contributed by atoms with Crippen LogP contribution in [0.4, 0.5) is 11.6 Å². The highest BCUT2D eigenvalue weighted by Crippen LogP contribution is 2.35. The molecule has 1 aliphatic heterocycles. The summed E-state index contributed by atoms with van der Waals surface area (Å²) in [5.74, 6) is 0.278. The van der Waals surface area contributed by atoms with Gasteiger partial charge in [-0.1, -0.05) is 71.7 Å². The number of nitrogens with one attached hydrogen (secondary N) is 3. The first-order valence-electron chi connectivity index (χ1n) is 14.8. The van der Waals surface area contributed by atoms with Gasteiger partial charge in [0.25, 0.3) is 11.8 Å². The number of nitrogen functional groups attached to an aromatic ring is 1. The van der Waals surface area contributed by atoms with Crippen LogP contribution in [0.15, 0.2) is 79.0 Å². The minimum atomic E-state index is -0.601. The third-order valence-electron chi connectivity index (χ3n) is 8.09. The van der Waals surface area contributed by atoms with Crippen LogP contribution in [0, 0.1) is 0 Å². The molecule has 2 amide bonds. The van der Waals surface area contributed by atoms with Crippen molar-refractivity contribution in [3.8, 4) is 11.3 Å². The predicted molar refractivity (Wildman–Crippen MR) is 182 cm³/mol. The Hall–Kier alpha value is -4.48. The predicted octanol–water partition coefficient (Wildman–Crippen LogP) is 5.63. The van der Waals surface area contributed by atoms with E-state index in [-0.39, 0.29) is 11.4 Å². The third kappa shape index (κ3) is 8.21. The molecule has 3 aromatic carbocycles. The van der Waals surface area contributed by atoms with Gasteiger partial charge in [0.15, 0.2) is 5.82 Å². The minimum Gasteiger partial charge on any atom is -0.382 e. The zero-order valence-electron chi connectivity index (χ0n) is 25.3. The second-order valence-electron chi connectivity index (χ2n) is 11.4. The molecule has 0 atom stereocenters. The number of hydroxylamine groups is 1. The number of rotatable bonds is 10. The lowest BCUT2D eigenvalue weighted by molar-refractivity contribution is -0.124. The number of benzene rings is 3. The number of halogens is 2. The van der Waals surface area contributed by atoms with Crippen LogP contribution in [-0.4, -0.2) is 45.6 Å². The van der Waals surface area contributed by atoms with Gasteiger partial charge in [-0.3, -0.25) is 14.8 Å². The number of nitrogens with zero attached hydrogens (tertiary/aromatic N) is 3. The summed E-state index contributed by atoms with van der Waals surface area (Å²) in [6, 6.07) is 20.3. The summed E-state index contributed by atoms with van der Waals surface area (Å²) in [7, 11) is 0. The fourth-order valence-electron chi connectivity index (χ4n) is 5.18. The van der Waals surface area contributed by atoms with E-state index >= 15 is 0 Å². The van der Waals surface area contributed by atoms with Crippen LogP contribution in [0.2, 0.25) is 10.0 Å². The highest BCUT2D eigenvalue weighted by atomic mass is 35.5. The Bertz CT molecular complexity index is 1720. The van der Waals surface area contributed by atoms with Crippen LogP contribution >= 0.6 is 23.2 Å². The average molecular weight is 661 g/mol. The molecule has 6 N–H and O–H groups in total. The van der Waals surface area contributed by atoms with E-state index in [1.54, 1.807) is 29.9 Å². The minimum absolute atomic E-state index is 0.0592. The molecule has 1 aromatic heterocycles. The van der Waals surface area contributed by atoms with Crippen molar-refractivity contribution < 1.29 is 14.8 Å². The topological polar surface area (TPSA) is 146 Å². The SMILES string of the molecule is CC1(NCc2ccc(C(=O)NCc3ccc(/C=C/C(=O)NO)cc3)cc2)CCN(c2cnc(-c3cccc(Cl)c3Cl)c(N)n2)CC1. The van der Waals surface area contributed by atoms with Gasteiger partial charge in [0.05, 0.1) is 16.2 Å². The average Bonchev–Trinajstić information content (AvgIpc) is 3.07. The summed E-state index contributed by atoms with van der Waals surface area (Å²) in [6.07, 6.45) is 6.36. The molecule has 12 heteroatoms. The van der Waals surface area contributed by atoms with Gasteiger partial charge < -0.3 is 21.3 Å². The van der Waals surface area contributed by atoms with E-state index in [4.69, 9.17) is 34.1 Å². The lowest BCUT2D eigenvalue weighted by atomic mass is 9.89. The van der Waals surface area contributed by atoms with Gasteiger partial charge in [-0.15, -0.1) is 0 Å². The lowest BCUT2D eigenvalue weighted by Gasteiger charge is -2.40. The van der Waals surface area contributed by atoms with Crippen molar-refractivity contribution in [3.05, 3.63) is 111 Å². The Kier molecular flexibility index (Phi) is 10.5. The molecule has 0 saturated carbocycles. The Morgan fingerprint density at radius 2 is 1.67 bits per heavy atom. The molecule has 0 aliphatic carbocycles. The molecule has 0 unspecified atom stereocenters. The highest BCUT2D eigenvalue weighted by molar-refractivity contribution is 6.43. The van der Waals surface area contributed by atoms with Gasteiger partial charge >= 0.3 is 0 Å². The van der Waals surface area contributed by atoms with Crippen LogP contribution in [-0.2, 0) is 17.9 Å². The number of carbonyl (C=O) groups excluding carboxylic acids is 2. The lowest BCUT2D eigenvalue weighted by Crippen LogP contribution is -2.51. The second-order valence-corrected chi connectivity index (χ2v) is 12.2. The summed E-state index contributed by atoms with van der Waals surface area (Å²) >= 11 is 12.5. The molecule has 1 aliphatic rings. The zero-order chi connectivity index (χ0) is 32.7. The van der Waals surface area contributed by atoms with Crippen LogP contribution in [0.3, 0.4) is 0 Å². The Morgan fingerprint density at radius 1 is 1.00 bits per heavy atom. The van der Waals surface area contributed by atoms with Gasteiger partial charge in [-0.25, -0.2) is 15.4 Å².